The van der Waals surface area contributed by atoms with Gasteiger partial charge in [-0.1, -0.05) is 13.8 Å². The molecule has 6 aromatic rings. The third-order valence-electron chi connectivity index (χ3n) is 12.1. The highest BCUT2D eigenvalue weighted by Gasteiger charge is 2.35. The molecule has 18 heteroatoms. The van der Waals surface area contributed by atoms with E-state index in [-0.39, 0.29) is 35.0 Å². The number of aromatic amines is 2. The van der Waals surface area contributed by atoms with E-state index in [2.05, 4.69) is 63.7 Å². The molecule has 10 heterocycles. The lowest BCUT2D eigenvalue weighted by atomic mass is 9.97. The Bertz CT molecular complexity index is 2250. The molecule has 4 aliphatic heterocycles. The zero-order chi connectivity index (χ0) is 39.6. The van der Waals surface area contributed by atoms with E-state index in [1.807, 2.05) is 21.5 Å². The molecular formula is C40H50N14O4. The molecule has 0 spiro atoms. The standard InChI is InChI=1S/2C20H25N7O2/c2*1-13-10-26(12-17-21-5-2-6-22-17)11-16(13)18-24-19-15(20(28)25-18)9-23-27(19)14-3-7-29-8-4-14/h2*2,5-6,9,13-14,16H,3-4,7-8,10-12H2,1H3,(H,24,25,28)/t2*13-,16-/m11/s1. The number of hydrogen-bond donors (Lipinski definition) is 2. The Labute approximate surface area is 334 Å². The van der Waals surface area contributed by atoms with Crippen molar-refractivity contribution in [1.29, 1.82) is 0 Å². The maximum atomic E-state index is 12.7. The summed E-state index contributed by atoms with van der Waals surface area (Å²) in [6.45, 7) is 12.2. The van der Waals surface area contributed by atoms with Crippen LogP contribution in [-0.4, -0.2) is 122 Å². The maximum Gasteiger partial charge on any atom is 0.262 e. The smallest absolute Gasteiger partial charge is 0.262 e. The number of rotatable bonds is 8. The van der Waals surface area contributed by atoms with Crippen LogP contribution in [0.5, 0.6) is 0 Å². The monoisotopic (exact) mass is 790 g/mol. The van der Waals surface area contributed by atoms with Gasteiger partial charge in [-0.2, -0.15) is 10.2 Å². The number of ether oxygens (including phenoxy) is 2. The average Bonchev–Trinajstić information content (AvgIpc) is 4.05. The van der Waals surface area contributed by atoms with Gasteiger partial charge in [0.15, 0.2) is 11.3 Å². The molecule has 4 atom stereocenters. The molecule has 4 fully saturated rings. The van der Waals surface area contributed by atoms with Gasteiger partial charge in [-0.05, 0) is 49.7 Å². The van der Waals surface area contributed by atoms with Crippen molar-refractivity contribution in [3.05, 3.63) is 93.3 Å². The van der Waals surface area contributed by atoms with Gasteiger partial charge in [0.25, 0.3) is 11.1 Å². The summed E-state index contributed by atoms with van der Waals surface area (Å²) < 4.78 is 14.8. The van der Waals surface area contributed by atoms with E-state index in [1.165, 1.54) is 0 Å². The zero-order valence-corrected chi connectivity index (χ0v) is 33.0. The molecule has 4 aliphatic rings. The Hall–Kier alpha value is -5.30. The van der Waals surface area contributed by atoms with Crippen molar-refractivity contribution in [3.63, 3.8) is 0 Å². The lowest BCUT2D eigenvalue weighted by Crippen LogP contribution is -2.23. The molecule has 18 nitrogen and oxygen atoms in total. The minimum atomic E-state index is -0.111. The fourth-order valence-electron chi connectivity index (χ4n) is 8.98. The summed E-state index contributed by atoms with van der Waals surface area (Å²) in [5.74, 6) is 4.20. The predicted molar refractivity (Wildman–Crippen MR) is 213 cm³/mol. The third-order valence-corrected chi connectivity index (χ3v) is 12.1. The van der Waals surface area contributed by atoms with Crippen molar-refractivity contribution >= 4 is 22.1 Å². The van der Waals surface area contributed by atoms with Crippen molar-refractivity contribution in [3.8, 4) is 0 Å². The van der Waals surface area contributed by atoms with E-state index in [1.54, 1.807) is 37.2 Å². The van der Waals surface area contributed by atoms with Crippen molar-refractivity contribution in [2.45, 2.75) is 76.5 Å². The minimum Gasteiger partial charge on any atom is -0.381 e. The molecule has 2 N–H and O–H groups in total. The highest BCUT2D eigenvalue weighted by molar-refractivity contribution is 5.74. The number of nitrogens with zero attached hydrogens (tertiary/aromatic N) is 12. The van der Waals surface area contributed by atoms with Gasteiger partial charge in [0, 0.05) is 89.2 Å². The van der Waals surface area contributed by atoms with Gasteiger partial charge >= 0.3 is 0 Å². The fraction of sp³-hybridized carbons (Fsp3) is 0.550. The highest BCUT2D eigenvalue weighted by Crippen LogP contribution is 2.33. The van der Waals surface area contributed by atoms with Crippen molar-refractivity contribution in [2.75, 3.05) is 52.6 Å². The first-order valence-electron chi connectivity index (χ1n) is 20.4. The Kier molecular flexibility index (Phi) is 11.1. The van der Waals surface area contributed by atoms with E-state index in [4.69, 9.17) is 19.4 Å². The topological polar surface area (TPSA) is 204 Å². The predicted octanol–water partition coefficient (Wildman–Crippen LogP) is 2.99. The number of nitrogens with one attached hydrogen (secondary N) is 2. The van der Waals surface area contributed by atoms with E-state index in [0.717, 1.165) is 102 Å². The lowest BCUT2D eigenvalue weighted by molar-refractivity contribution is 0.0672. The molecule has 6 aromatic heterocycles. The van der Waals surface area contributed by atoms with Crippen molar-refractivity contribution in [2.24, 2.45) is 11.8 Å². The molecular weight excluding hydrogens is 741 g/mol. The molecule has 4 saturated heterocycles. The normalized spacial score (nSPS) is 23.8. The van der Waals surface area contributed by atoms with Crippen molar-refractivity contribution in [1.82, 2.24) is 69.2 Å². The van der Waals surface area contributed by atoms with Crippen molar-refractivity contribution < 1.29 is 9.47 Å². The molecule has 0 radical (unpaired) electrons. The number of hydrogen-bond acceptors (Lipinski definition) is 14. The van der Waals surface area contributed by atoms with E-state index < -0.39 is 0 Å². The van der Waals surface area contributed by atoms with E-state index in [9.17, 15) is 9.59 Å². The van der Waals surface area contributed by atoms with Gasteiger partial charge < -0.3 is 19.4 Å². The number of aromatic nitrogens is 12. The van der Waals surface area contributed by atoms with Gasteiger partial charge in [0.1, 0.15) is 34.1 Å². The van der Waals surface area contributed by atoms with Crippen LogP contribution in [0.15, 0.2) is 58.9 Å². The Morgan fingerprint density at radius 3 is 1.40 bits per heavy atom. The van der Waals surface area contributed by atoms with Crippen LogP contribution >= 0.6 is 0 Å². The third kappa shape index (κ3) is 8.05. The van der Waals surface area contributed by atoms with Crippen LogP contribution < -0.4 is 11.1 Å². The van der Waals surface area contributed by atoms with Gasteiger partial charge in [0.2, 0.25) is 0 Å². The molecule has 0 unspecified atom stereocenters. The minimum absolute atomic E-state index is 0.111. The maximum absolute atomic E-state index is 12.7. The van der Waals surface area contributed by atoms with Crippen LogP contribution in [0.1, 0.15) is 86.7 Å². The highest BCUT2D eigenvalue weighted by atomic mass is 16.5. The van der Waals surface area contributed by atoms with Gasteiger partial charge in [-0.25, -0.2) is 39.3 Å². The van der Waals surface area contributed by atoms with Gasteiger partial charge in [-0.3, -0.25) is 19.4 Å². The van der Waals surface area contributed by atoms with Gasteiger partial charge in [0.05, 0.1) is 37.6 Å². The first kappa shape index (κ1) is 38.2. The van der Waals surface area contributed by atoms with Gasteiger partial charge in [-0.15, -0.1) is 0 Å². The fourth-order valence-corrected chi connectivity index (χ4v) is 8.98. The SMILES string of the molecule is C[C@@H]1CN(Cc2ncccn2)C[C@H]1c1nc2c(cnn2C2CCOCC2)c(=O)[nH]1.C[C@@H]1CN(Cc2ncccn2)C[C@H]1c1nc2c(cnn2C2CCOCC2)c(=O)[nH]1. The summed E-state index contributed by atoms with van der Waals surface area (Å²) in [5.41, 5.74) is 1.15. The number of fused-ring (bicyclic) bond motifs is 2. The summed E-state index contributed by atoms with van der Waals surface area (Å²) in [6, 6.07) is 4.11. The summed E-state index contributed by atoms with van der Waals surface area (Å²) in [7, 11) is 0. The molecule has 0 amide bonds. The quantitative estimate of drug-likeness (QED) is 0.228. The molecule has 10 rings (SSSR count). The van der Waals surface area contributed by atoms with Crippen LogP contribution in [0, 0.1) is 11.8 Å². The Balaban J connectivity index is 0.000000150. The summed E-state index contributed by atoms with van der Waals surface area (Å²) in [6.07, 6.45) is 13.9. The Morgan fingerprint density at radius 1 is 0.603 bits per heavy atom. The van der Waals surface area contributed by atoms with Crippen LogP contribution in [0.4, 0.5) is 0 Å². The molecule has 0 aromatic carbocycles. The number of H-pyrrole nitrogens is 2. The largest absolute Gasteiger partial charge is 0.381 e. The number of likely N-dealkylation sites (tertiary alicyclic amines) is 2. The summed E-state index contributed by atoms with van der Waals surface area (Å²) >= 11 is 0. The zero-order valence-electron chi connectivity index (χ0n) is 33.0. The van der Waals surface area contributed by atoms with E-state index >= 15 is 0 Å². The van der Waals surface area contributed by atoms with E-state index in [0.29, 0.717) is 47.0 Å². The van der Waals surface area contributed by atoms with Crippen LogP contribution in [-0.2, 0) is 22.6 Å². The first-order chi connectivity index (χ1) is 28.4. The molecule has 0 aliphatic carbocycles. The van der Waals surface area contributed by atoms with Crippen LogP contribution in [0.3, 0.4) is 0 Å². The molecule has 304 valence electrons. The molecule has 58 heavy (non-hydrogen) atoms. The second-order valence-electron chi connectivity index (χ2n) is 16.1. The molecule has 0 saturated carbocycles. The van der Waals surface area contributed by atoms with Crippen LogP contribution in [0.25, 0.3) is 22.1 Å². The molecule has 0 bridgehead atoms. The Morgan fingerprint density at radius 2 is 1.00 bits per heavy atom. The second kappa shape index (κ2) is 16.9. The van der Waals surface area contributed by atoms with Crippen LogP contribution in [0.2, 0.25) is 0 Å². The lowest BCUT2D eigenvalue weighted by Gasteiger charge is -2.23. The summed E-state index contributed by atoms with van der Waals surface area (Å²) in [5, 5.41) is 10.1. The second-order valence-corrected chi connectivity index (χ2v) is 16.1. The summed E-state index contributed by atoms with van der Waals surface area (Å²) in [4.78, 5) is 63.2. The first-order valence-corrected chi connectivity index (χ1v) is 20.4. The average molecular weight is 791 g/mol.